The Kier molecular flexibility index (Phi) is 4.84. The Labute approximate surface area is 153 Å². The maximum absolute atomic E-state index is 13.1. The predicted molar refractivity (Wildman–Crippen MR) is 101 cm³/mol. The molecule has 1 saturated heterocycles. The van der Waals surface area contributed by atoms with E-state index in [1.54, 1.807) is 0 Å². The van der Waals surface area contributed by atoms with E-state index in [2.05, 4.69) is 24.3 Å². The van der Waals surface area contributed by atoms with E-state index in [1.807, 2.05) is 64.2 Å². The summed E-state index contributed by atoms with van der Waals surface area (Å²) < 4.78 is 7.91. The summed E-state index contributed by atoms with van der Waals surface area (Å²) in [7, 11) is 0. The van der Waals surface area contributed by atoms with Gasteiger partial charge in [-0.2, -0.15) is 0 Å². The van der Waals surface area contributed by atoms with Gasteiger partial charge in [0.15, 0.2) is 0 Å². The van der Waals surface area contributed by atoms with Crippen molar-refractivity contribution in [2.45, 2.75) is 12.6 Å². The zero-order valence-electron chi connectivity index (χ0n) is 14.6. The normalized spacial score (nSPS) is 17.2. The van der Waals surface area contributed by atoms with Gasteiger partial charge in [0.2, 0.25) is 0 Å². The molecule has 1 aliphatic rings. The Bertz CT molecular complexity index is 858. The Morgan fingerprint density at radius 3 is 2.46 bits per heavy atom. The highest BCUT2D eigenvalue weighted by Crippen LogP contribution is 2.23. The second kappa shape index (κ2) is 7.58. The van der Waals surface area contributed by atoms with Gasteiger partial charge in [-0.05, 0) is 23.3 Å². The Morgan fingerprint density at radius 1 is 0.962 bits per heavy atom. The van der Waals surface area contributed by atoms with Crippen LogP contribution in [0.15, 0.2) is 79.0 Å². The number of hydrogen-bond acceptors (Lipinski definition) is 2. The topological polar surface area (TPSA) is 34.5 Å². The van der Waals surface area contributed by atoms with Crippen molar-refractivity contribution in [3.8, 4) is 0 Å². The van der Waals surface area contributed by atoms with Crippen LogP contribution in [-0.4, -0.2) is 35.1 Å². The molecule has 0 bridgehead atoms. The van der Waals surface area contributed by atoms with Gasteiger partial charge in [0, 0.05) is 19.3 Å². The average molecular weight is 346 g/mol. The van der Waals surface area contributed by atoms with E-state index in [0.717, 1.165) is 11.3 Å². The SMILES string of the molecule is O=C(c1cccn1Cc1ccccc1)N1CCOC(c2ccccc2)C1. The summed E-state index contributed by atoms with van der Waals surface area (Å²) >= 11 is 0. The molecule has 0 saturated carbocycles. The van der Waals surface area contributed by atoms with E-state index in [1.165, 1.54) is 5.56 Å². The molecule has 4 rings (SSSR count). The minimum atomic E-state index is -0.0635. The molecule has 4 heteroatoms. The Balaban J connectivity index is 1.50. The van der Waals surface area contributed by atoms with E-state index >= 15 is 0 Å². The number of amides is 1. The maximum Gasteiger partial charge on any atom is 0.270 e. The van der Waals surface area contributed by atoms with Gasteiger partial charge in [0.05, 0.1) is 13.2 Å². The van der Waals surface area contributed by atoms with Crippen molar-refractivity contribution in [1.29, 1.82) is 0 Å². The van der Waals surface area contributed by atoms with Crippen molar-refractivity contribution < 1.29 is 9.53 Å². The number of hydrogen-bond donors (Lipinski definition) is 0. The number of nitrogens with zero attached hydrogens (tertiary/aromatic N) is 2. The first-order chi connectivity index (χ1) is 12.8. The highest BCUT2D eigenvalue weighted by Gasteiger charge is 2.27. The van der Waals surface area contributed by atoms with Crippen molar-refractivity contribution in [2.24, 2.45) is 0 Å². The summed E-state index contributed by atoms with van der Waals surface area (Å²) in [6, 6.07) is 24.1. The van der Waals surface area contributed by atoms with Crippen LogP contribution in [0.2, 0.25) is 0 Å². The van der Waals surface area contributed by atoms with Crippen LogP contribution in [0.4, 0.5) is 0 Å². The minimum absolute atomic E-state index is 0.0635. The summed E-state index contributed by atoms with van der Waals surface area (Å²) in [5.41, 5.74) is 3.02. The van der Waals surface area contributed by atoms with Crippen molar-refractivity contribution in [1.82, 2.24) is 9.47 Å². The number of ether oxygens (including phenoxy) is 1. The first-order valence-electron chi connectivity index (χ1n) is 8.96. The van der Waals surface area contributed by atoms with E-state index in [0.29, 0.717) is 26.2 Å². The zero-order valence-corrected chi connectivity index (χ0v) is 14.6. The van der Waals surface area contributed by atoms with Gasteiger partial charge in [-0.1, -0.05) is 60.7 Å². The van der Waals surface area contributed by atoms with Gasteiger partial charge in [0.25, 0.3) is 5.91 Å². The summed E-state index contributed by atoms with van der Waals surface area (Å²) in [6.07, 6.45) is 1.90. The molecule has 1 atom stereocenters. The first kappa shape index (κ1) is 16.6. The zero-order chi connectivity index (χ0) is 17.8. The predicted octanol–water partition coefficient (Wildman–Crippen LogP) is 3.75. The largest absolute Gasteiger partial charge is 0.370 e. The number of morpholine rings is 1. The van der Waals surface area contributed by atoms with E-state index in [9.17, 15) is 4.79 Å². The van der Waals surface area contributed by atoms with Gasteiger partial charge in [-0.3, -0.25) is 4.79 Å². The second-order valence-electron chi connectivity index (χ2n) is 6.53. The van der Waals surface area contributed by atoms with Crippen LogP contribution in [0.25, 0.3) is 0 Å². The van der Waals surface area contributed by atoms with E-state index in [4.69, 9.17) is 4.74 Å². The lowest BCUT2D eigenvalue weighted by Crippen LogP contribution is -2.42. The molecule has 1 aliphatic heterocycles. The van der Waals surface area contributed by atoms with Crippen LogP contribution in [0.5, 0.6) is 0 Å². The first-order valence-corrected chi connectivity index (χ1v) is 8.96. The molecule has 132 valence electrons. The fourth-order valence-electron chi connectivity index (χ4n) is 3.39. The lowest BCUT2D eigenvalue weighted by atomic mass is 10.1. The molecule has 0 spiro atoms. The molecule has 3 aromatic rings. The van der Waals surface area contributed by atoms with E-state index in [-0.39, 0.29) is 12.0 Å². The third kappa shape index (κ3) is 3.55. The summed E-state index contributed by atoms with van der Waals surface area (Å²) in [5, 5.41) is 0. The van der Waals surface area contributed by atoms with Gasteiger partial charge >= 0.3 is 0 Å². The lowest BCUT2D eigenvalue weighted by Gasteiger charge is -2.33. The fraction of sp³-hybridized carbons (Fsp3) is 0.227. The van der Waals surface area contributed by atoms with Crippen LogP contribution < -0.4 is 0 Å². The van der Waals surface area contributed by atoms with E-state index < -0.39 is 0 Å². The van der Waals surface area contributed by atoms with Gasteiger partial charge < -0.3 is 14.2 Å². The molecule has 0 N–H and O–H groups in total. The summed E-state index contributed by atoms with van der Waals surface area (Å²) in [4.78, 5) is 15.0. The second-order valence-corrected chi connectivity index (χ2v) is 6.53. The van der Waals surface area contributed by atoms with Crippen molar-refractivity contribution in [2.75, 3.05) is 19.7 Å². The third-order valence-electron chi connectivity index (χ3n) is 4.77. The number of rotatable bonds is 4. The standard InChI is InChI=1S/C22H22N2O2/c25-22(20-12-7-13-23(20)16-18-8-3-1-4-9-18)24-14-15-26-21(17-24)19-10-5-2-6-11-19/h1-13,21H,14-17H2. The average Bonchev–Trinajstić information content (AvgIpc) is 3.17. The molecule has 26 heavy (non-hydrogen) atoms. The number of benzene rings is 2. The van der Waals surface area contributed by atoms with Gasteiger partial charge in [-0.15, -0.1) is 0 Å². The Hall–Kier alpha value is -2.85. The van der Waals surface area contributed by atoms with Gasteiger partial charge in [-0.25, -0.2) is 0 Å². The molecule has 4 nitrogen and oxygen atoms in total. The Morgan fingerprint density at radius 2 is 1.69 bits per heavy atom. The van der Waals surface area contributed by atoms with Gasteiger partial charge in [0.1, 0.15) is 11.8 Å². The third-order valence-corrected chi connectivity index (χ3v) is 4.77. The van der Waals surface area contributed by atoms with Crippen molar-refractivity contribution in [3.05, 3.63) is 95.8 Å². The molecule has 2 aromatic carbocycles. The number of carbonyl (C=O) groups excluding carboxylic acids is 1. The molecule has 1 fully saturated rings. The highest BCUT2D eigenvalue weighted by molar-refractivity contribution is 5.93. The summed E-state index contributed by atoms with van der Waals surface area (Å²) in [6.45, 7) is 2.46. The van der Waals surface area contributed by atoms with Crippen LogP contribution in [0.3, 0.4) is 0 Å². The van der Waals surface area contributed by atoms with Crippen LogP contribution in [0, 0.1) is 0 Å². The molecule has 0 radical (unpaired) electrons. The molecule has 1 aromatic heterocycles. The minimum Gasteiger partial charge on any atom is -0.370 e. The van der Waals surface area contributed by atoms with Crippen LogP contribution >= 0.6 is 0 Å². The van der Waals surface area contributed by atoms with Crippen LogP contribution in [0.1, 0.15) is 27.7 Å². The summed E-state index contributed by atoms with van der Waals surface area (Å²) in [5.74, 6) is 0.0650. The molecular formula is C22H22N2O2. The monoisotopic (exact) mass is 346 g/mol. The molecule has 1 unspecified atom stereocenters. The lowest BCUT2D eigenvalue weighted by molar-refractivity contribution is -0.0231. The molecule has 0 aliphatic carbocycles. The number of carbonyl (C=O) groups is 1. The van der Waals surface area contributed by atoms with Crippen molar-refractivity contribution in [3.63, 3.8) is 0 Å². The molecular weight excluding hydrogens is 324 g/mol. The maximum atomic E-state index is 13.1. The fourth-order valence-corrected chi connectivity index (χ4v) is 3.39. The quantitative estimate of drug-likeness (QED) is 0.721. The smallest absolute Gasteiger partial charge is 0.270 e. The highest BCUT2D eigenvalue weighted by atomic mass is 16.5. The van der Waals surface area contributed by atoms with Crippen LogP contribution in [-0.2, 0) is 11.3 Å². The van der Waals surface area contributed by atoms with Crippen molar-refractivity contribution >= 4 is 5.91 Å². The molecule has 2 heterocycles. The molecule has 1 amide bonds. The number of aromatic nitrogens is 1.